The van der Waals surface area contributed by atoms with Crippen molar-refractivity contribution in [1.29, 1.82) is 0 Å². The van der Waals surface area contributed by atoms with Gasteiger partial charge in [0.05, 0.1) is 12.2 Å². The van der Waals surface area contributed by atoms with Gasteiger partial charge in [0.25, 0.3) is 11.8 Å². The van der Waals surface area contributed by atoms with E-state index in [1.165, 1.54) is 18.2 Å². The number of carbonyl (C=O) groups excluding carboxylic acids is 3. The van der Waals surface area contributed by atoms with Crippen LogP contribution in [-0.4, -0.2) is 59.4 Å². The number of hydrogen-bond donors (Lipinski definition) is 3. The molecule has 42 heavy (non-hydrogen) atoms. The van der Waals surface area contributed by atoms with Crippen LogP contribution in [0.1, 0.15) is 52.6 Å². The summed E-state index contributed by atoms with van der Waals surface area (Å²) in [6, 6.07) is 13.7. The van der Waals surface area contributed by atoms with Crippen molar-refractivity contribution in [3.8, 4) is 0 Å². The summed E-state index contributed by atoms with van der Waals surface area (Å²) in [4.78, 5) is 41.5. The Kier molecular flexibility index (Phi) is 9.52. The molecule has 4 rings (SSSR count). The number of rotatable bonds is 7. The molecule has 1 aliphatic rings. The van der Waals surface area contributed by atoms with Gasteiger partial charge in [-0.25, -0.2) is 18.0 Å². The first-order chi connectivity index (χ1) is 19.9. The van der Waals surface area contributed by atoms with Crippen molar-refractivity contribution in [2.24, 2.45) is 0 Å². The van der Waals surface area contributed by atoms with E-state index in [4.69, 9.17) is 0 Å². The van der Waals surface area contributed by atoms with Gasteiger partial charge in [-0.1, -0.05) is 18.2 Å². The summed E-state index contributed by atoms with van der Waals surface area (Å²) in [6.45, 7) is 8.08. The van der Waals surface area contributed by atoms with Crippen molar-refractivity contribution in [1.82, 2.24) is 20.4 Å². The number of anilines is 1. The van der Waals surface area contributed by atoms with Crippen LogP contribution in [0.25, 0.3) is 0 Å². The monoisotopic (exact) mass is 581 g/mol. The zero-order valence-corrected chi connectivity index (χ0v) is 23.8. The zero-order valence-electron chi connectivity index (χ0n) is 23.8. The summed E-state index contributed by atoms with van der Waals surface area (Å²) in [5.41, 5.74) is 0.888. The molecule has 0 saturated carbocycles. The number of hydrogen-bond acceptors (Lipinski definition) is 4. The average Bonchev–Trinajstić information content (AvgIpc) is 2.93. The maximum atomic E-state index is 14.7. The fourth-order valence-corrected chi connectivity index (χ4v) is 4.56. The molecule has 0 aliphatic carbocycles. The van der Waals surface area contributed by atoms with Crippen molar-refractivity contribution in [2.45, 2.75) is 39.4 Å². The maximum Gasteiger partial charge on any atom is 0.319 e. The maximum absolute atomic E-state index is 14.7. The number of halogens is 3. The largest absolute Gasteiger partial charge is 0.347 e. The summed E-state index contributed by atoms with van der Waals surface area (Å²) in [7, 11) is 0. The normalized spacial score (nSPS) is 13.9. The SMILES string of the molecule is CC(C)(C)NC(=O)c1cccc(CN2CCN(C(=O)c3ccc(NC(=O)NCc4c(F)cccc4F)c(F)c3)CC2)c1. The van der Waals surface area contributed by atoms with E-state index >= 15 is 0 Å². The van der Waals surface area contributed by atoms with Gasteiger partial charge < -0.3 is 20.9 Å². The molecule has 8 nitrogen and oxygen atoms in total. The molecule has 1 fully saturated rings. The Bertz CT molecular complexity index is 1450. The van der Waals surface area contributed by atoms with E-state index in [-0.39, 0.29) is 34.2 Å². The molecule has 1 heterocycles. The quantitative estimate of drug-likeness (QED) is 0.370. The standard InChI is InChI=1S/C31H34F3N5O3/c1-31(2,3)37-28(40)21-7-4-6-20(16-21)19-38-12-14-39(15-13-38)29(41)22-10-11-27(26(34)17-22)36-30(42)35-18-23-24(32)8-5-9-25(23)33/h4-11,16-17H,12-15,18-19H2,1-3H3,(H,37,40)(H2,35,36,42). The van der Waals surface area contributed by atoms with E-state index in [1.54, 1.807) is 11.0 Å². The molecule has 0 spiro atoms. The Balaban J connectivity index is 1.28. The minimum absolute atomic E-state index is 0.133. The molecule has 1 aliphatic heterocycles. The lowest BCUT2D eigenvalue weighted by atomic mass is 10.1. The van der Waals surface area contributed by atoms with Crippen LogP contribution in [0, 0.1) is 17.5 Å². The smallest absolute Gasteiger partial charge is 0.319 e. The van der Waals surface area contributed by atoms with Gasteiger partial charge in [-0.15, -0.1) is 0 Å². The topological polar surface area (TPSA) is 93.8 Å². The lowest BCUT2D eigenvalue weighted by Gasteiger charge is -2.35. The number of nitrogens with zero attached hydrogens (tertiary/aromatic N) is 2. The van der Waals surface area contributed by atoms with Gasteiger partial charge in [-0.3, -0.25) is 14.5 Å². The van der Waals surface area contributed by atoms with Crippen molar-refractivity contribution in [3.05, 3.63) is 100 Å². The molecule has 0 radical (unpaired) electrons. The van der Waals surface area contributed by atoms with Gasteiger partial charge in [-0.2, -0.15) is 0 Å². The van der Waals surface area contributed by atoms with Crippen LogP contribution >= 0.6 is 0 Å². The van der Waals surface area contributed by atoms with Crippen LogP contribution < -0.4 is 16.0 Å². The first-order valence-corrected chi connectivity index (χ1v) is 13.6. The van der Waals surface area contributed by atoms with E-state index in [1.807, 2.05) is 39.0 Å². The Morgan fingerprint density at radius 3 is 2.12 bits per heavy atom. The van der Waals surface area contributed by atoms with Crippen molar-refractivity contribution < 1.29 is 27.6 Å². The molecule has 222 valence electrons. The predicted octanol–water partition coefficient (Wildman–Crippen LogP) is 4.91. The highest BCUT2D eigenvalue weighted by atomic mass is 19.1. The van der Waals surface area contributed by atoms with Gasteiger partial charge in [0, 0.05) is 55.0 Å². The molecule has 1 saturated heterocycles. The second kappa shape index (κ2) is 13.1. The molecular weight excluding hydrogens is 547 g/mol. The van der Waals surface area contributed by atoms with E-state index in [2.05, 4.69) is 20.9 Å². The van der Waals surface area contributed by atoms with Crippen LogP contribution in [0.2, 0.25) is 0 Å². The first-order valence-electron chi connectivity index (χ1n) is 13.6. The summed E-state index contributed by atoms with van der Waals surface area (Å²) < 4.78 is 42.2. The minimum atomic E-state index is -0.855. The number of urea groups is 1. The lowest BCUT2D eigenvalue weighted by molar-refractivity contribution is 0.0627. The number of amides is 4. The third-order valence-electron chi connectivity index (χ3n) is 6.70. The summed E-state index contributed by atoms with van der Waals surface area (Å²) in [5.74, 6) is -2.89. The highest BCUT2D eigenvalue weighted by Crippen LogP contribution is 2.19. The zero-order chi connectivity index (χ0) is 30.4. The van der Waals surface area contributed by atoms with Crippen LogP contribution in [0.4, 0.5) is 23.7 Å². The molecule has 3 aromatic carbocycles. The molecule has 0 unspecified atom stereocenters. The van der Waals surface area contributed by atoms with Gasteiger partial charge in [0.15, 0.2) is 0 Å². The molecule has 0 atom stereocenters. The third-order valence-corrected chi connectivity index (χ3v) is 6.70. The Morgan fingerprint density at radius 2 is 1.48 bits per heavy atom. The van der Waals surface area contributed by atoms with Gasteiger partial charge >= 0.3 is 6.03 Å². The van der Waals surface area contributed by atoms with Crippen molar-refractivity contribution in [3.63, 3.8) is 0 Å². The first kappa shape index (κ1) is 30.6. The van der Waals surface area contributed by atoms with Gasteiger partial charge in [0.2, 0.25) is 0 Å². The number of nitrogens with one attached hydrogen (secondary N) is 3. The van der Waals surface area contributed by atoms with E-state index in [9.17, 15) is 27.6 Å². The molecule has 3 aromatic rings. The number of piperazine rings is 1. The number of benzene rings is 3. The van der Waals surface area contributed by atoms with Crippen molar-refractivity contribution >= 4 is 23.5 Å². The second-order valence-electron chi connectivity index (χ2n) is 11.2. The highest BCUT2D eigenvalue weighted by molar-refractivity contribution is 5.96. The Morgan fingerprint density at radius 1 is 0.810 bits per heavy atom. The fraction of sp³-hybridized carbons (Fsp3) is 0.323. The fourth-order valence-electron chi connectivity index (χ4n) is 4.56. The van der Waals surface area contributed by atoms with E-state index < -0.39 is 30.0 Å². The third kappa shape index (κ3) is 8.10. The summed E-state index contributed by atoms with van der Waals surface area (Å²) >= 11 is 0. The molecule has 0 aromatic heterocycles. The van der Waals surface area contributed by atoms with Crippen LogP contribution in [0.3, 0.4) is 0 Å². The van der Waals surface area contributed by atoms with E-state index in [0.717, 1.165) is 23.8 Å². The number of carbonyl (C=O) groups is 3. The Hall–Kier alpha value is -4.38. The molecule has 11 heteroatoms. The molecule has 3 N–H and O–H groups in total. The lowest BCUT2D eigenvalue weighted by Crippen LogP contribution is -2.48. The second-order valence-corrected chi connectivity index (χ2v) is 11.2. The van der Waals surface area contributed by atoms with Gasteiger partial charge in [0.1, 0.15) is 17.5 Å². The summed E-state index contributed by atoms with van der Waals surface area (Å²) in [5, 5.41) is 7.54. The van der Waals surface area contributed by atoms with Crippen LogP contribution in [0.5, 0.6) is 0 Å². The minimum Gasteiger partial charge on any atom is -0.347 e. The van der Waals surface area contributed by atoms with Crippen LogP contribution in [0.15, 0.2) is 60.7 Å². The highest BCUT2D eigenvalue weighted by Gasteiger charge is 2.24. The average molecular weight is 582 g/mol. The molecule has 0 bridgehead atoms. The van der Waals surface area contributed by atoms with Gasteiger partial charge in [-0.05, 0) is 68.8 Å². The van der Waals surface area contributed by atoms with Crippen LogP contribution in [-0.2, 0) is 13.1 Å². The van der Waals surface area contributed by atoms with Crippen molar-refractivity contribution in [2.75, 3.05) is 31.5 Å². The molecular formula is C31H34F3N5O3. The predicted molar refractivity (Wildman–Crippen MR) is 153 cm³/mol. The summed E-state index contributed by atoms with van der Waals surface area (Å²) in [6.07, 6.45) is 0. The van der Waals surface area contributed by atoms with E-state index in [0.29, 0.717) is 38.3 Å². The Labute approximate surface area is 242 Å². The molecule has 4 amide bonds.